The molecule has 0 aromatic carbocycles. The largest absolute Gasteiger partial charge is 0.481 e. The van der Waals surface area contributed by atoms with Crippen LogP contribution < -0.4 is 0 Å². The summed E-state index contributed by atoms with van der Waals surface area (Å²) >= 11 is 0. The third-order valence-electron chi connectivity index (χ3n) is 3.07. The quantitative estimate of drug-likeness (QED) is 0.727. The summed E-state index contributed by atoms with van der Waals surface area (Å²) in [5.41, 5.74) is 1.02. The molecule has 0 bridgehead atoms. The van der Waals surface area contributed by atoms with Crippen LogP contribution in [0.4, 0.5) is 0 Å². The number of aromatic amines is 1. The predicted molar refractivity (Wildman–Crippen MR) is 48.4 cm³/mol. The van der Waals surface area contributed by atoms with Crippen molar-refractivity contribution in [3.05, 3.63) is 24.0 Å². The summed E-state index contributed by atoms with van der Waals surface area (Å²) in [5.74, 6) is -0.726. The van der Waals surface area contributed by atoms with E-state index in [1.54, 1.807) is 0 Å². The van der Waals surface area contributed by atoms with Crippen LogP contribution in [0.3, 0.4) is 0 Å². The molecule has 3 nitrogen and oxygen atoms in total. The second kappa shape index (κ2) is 2.37. The first kappa shape index (κ1) is 8.35. The summed E-state index contributed by atoms with van der Waals surface area (Å²) < 4.78 is 0. The Kier molecular flexibility index (Phi) is 1.53. The molecule has 0 radical (unpaired) electrons. The molecule has 0 saturated heterocycles. The molecule has 2 N–H and O–H groups in total. The van der Waals surface area contributed by atoms with Gasteiger partial charge in [0.15, 0.2) is 0 Å². The number of H-pyrrole nitrogens is 1. The highest BCUT2D eigenvalue weighted by Crippen LogP contribution is 2.64. The molecule has 1 fully saturated rings. The lowest BCUT2D eigenvalue weighted by atomic mass is 10.1. The minimum absolute atomic E-state index is 0.0893. The molecule has 70 valence electrons. The number of carbonyl (C=O) groups is 1. The summed E-state index contributed by atoms with van der Waals surface area (Å²) in [5, 5.41) is 8.95. The monoisotopic (exact) mass is 179 g/mol. The van der Waals surface area contributed by atoms with Crippen LogP contribution >= 0.6 is 0 Å². The summed E-state index contributed by atoms with van der Waals surface area (Å²) in [6.07, 6.45) is 3.72. The van der Waals surface area contributed by atoms with Crippen molar-refractivity contribution in [2.24, 2.45) is 11.3 Å². The molecule has 1 aliphatic carbocycles. The smallest absolute Gasteiger partial charge is 0.307 e. The van der Waals surface area contributed by atoms with Crippen molar-refractivity contribution >= 4 is 5.97 Å². The maximum Gasteiger partial charge on any atom is 0.307 e. The van der Waals surface area contributed by atoms with Gasteiger partial charge in [-0.1, -0.05) is 13.8 Å². The van der Waals surface area contributed by atoms with Gasteiger partial charge < -0.3 is 10.1 Å². The number of hydrogen-bond donors (Lipinski definition) is 2. The number of aromatic nitrogens is 1. The summed E-state index contributed by atoms with van der Waals surface area (Å²) in [4.78, 5) is 13.8. The third-order valence-corrected chi connectivity index (χ3v) is 3.07. The van der Waals surface area contributed by atoms with Crippen LogP contribution in [0, 0.1) is 11.3 Å². The van der Waals surface area contributed by atoms with Crippen molar-refractivity contribution in [2.45, 2.75) is 19.8 Å². The Morgan fingerprint density at radius 3 is 2.69 bits per heavy atom. The molecule has 1 aromatic rings. The molecule has 1 heterocycles. The maximum atomic E-state index is 10.9. The molecule has 0 spiro atoms. The minimum Gasteiger partial charge on any atom is -0.481 e. The second-order valence-electron chi connectivity index (χ2n) is 4.26. The van der Waals surface area contributed by atoms with Crippen molar-refractivity contribution in [3.8, 4) is 0 Å². The number of hydrogen-bond acceptors (Lipinski definition) is 1. The molecule has 1 aromatic heterocycles. The molecular weight excluding hydrogens is 166 g/mol. The van der Waals surface area contributed by atoms with Gasteiger partial charge in [0, 0.05) is 18.3 Å². The molecule has 3 heteroatoms. The van der Waals surface area contributed by atoms with Crippen molar-refractivity contribution in [1.29, 1.82) is 0 Å². The van der Waals surface area contributed by atoms with E-state index in [0.717, 1.165) is 5.56 Å². The zero-order valence-electron chi connectivity index (χ0n) is 7.74. The van der Waals surface area contributed by atoms with Crippen LogP contribution in [0.2, 0.25) is 0 Å². The molecule has 0 amide bonds. The minimum atomic E-state index is -0.684. The van der Waals surface area contributed by atoms with Gasteiger partial charge in [-0.3, -0.25) is 4.79 Å². The fourth-order valence-electron chi connectivity index (χ4n) is 2.25. The highest BCUT2D eigenvalue weighted by molar-refractivity contribution is 5.77. The Hall–Kier alpha value is -1.25. The maximum absolute atomic E-state index is 10.9. The molecule has 0 aliphatic heterocycles. The van der Waals surface area contributed by atoms with E-state index < -0.39 is 5.97 Å². The van der Waals surface area contributed by atoms with Crippen LogP contribution in [-0.2, 0) is 4.79 Å². The standard InChI is InChI=1S/C10H13NO2/c1-10(2)7(8(10)9(12)13)6-3-4-11-5-6/h3-5,7-8,11H,1-2H3,(H,12,13). The van der Waals surface area contributed by atoms with E-state index in [1.165, 1.54) is 0 Å². The average Bonchev–Trinajstić information content (AvgIpc) is 2.50. The normalized spacial score (nSPS) is 30.0. The Bertz CT molecular complexity index is 327. The fraction of sp³-hybridized carbons (Fsp3) is 0.500. The number of carboxylic acid groups (broad SMARTS) is 1. The molecule has 2 rings (SSSR count). The van der Waals surface area contributed by atoms with Crippen molar-refractivity contribution in [3.63, 3.8) is 0 Å². The molecule has 1 saturated carbocycles. The zero-order valence-corrected chi connectivity index (χ0v) is 7.74. The number of rotatable bonds is 2. The number of nitrogens with one attached hydrogen (secondary N) is 1. The average molecular weight is 179 g/mol. The van der Waals surface area contributed by atoms with E-state index in [2.05, 4.69) is 4.98 Å². The molecule has 13 heavy (non-hydrogen) atoms. The Morgan fingerprint density at radius 1 is 1.62 bits per heavy atom. The van der Waals surface area contributed by atoms with E-state index in [-0.39, 0.29) is 17.3 Å². The van der Waals surface area contributed by atoms with Crippen LogP contribution in [0.15, 0.2) is 18.5 Å². The Balaban J connectivity index is 2.25. The van der Waals surface area contributed by atoms with E-state index >= 15 is 0 Å². The SMILES string of the molecule is CC1(C)C(C(=O)O)C1c1cc[nH]c1. The van der Waals surface area contributed by atoms with E-state index in [9.17, 15) is 4.79 Å². The van der Waals surface area contributed by atoms with Gasteiger partial charge in [0.05, 0.1) is 5.92 Å². The highest BCUT2D eigenvalue weighted by Gasteiger charge is 2.62. The first-order valence-electron chi connectivity index (χ1n) is 4.40. The first-order valence-corrected chi connectivity index (χ1v) is 4.40. The molecular formula is C10H13NO2. The fourth-order valence-corrected chi connectivity index (χ4v) is 2.25. The molecule has 2 atom stereocenters. The Morgan fingerprint density at radius 2 is 2.31 bits per heavy atom. The lowest BCUT2D eigenvalue weighted by Gasteiger charge is -1.98. The van der Waals surface area contributed by atoms with Crippen LogP contribution in [0.25, 0.3) is 0 Å². The molecule has 1 aliphatic rings. The van der Waals surface area contributed by atoms with Gasteiger partial charge in [-0.05, 0) is 17.0 Å². The zero-order chi connectivity index (χ0) is 9.64. The topological polar surface area (TPSA) is 53.1 Å². The van der Waals surface area contributed by atoms with Gasteiger partial charge in [-0.2, -0.15) is 0 Å². The van der Waals surface area contributed by atoms with Gasteiger partial charge in [0.25, 0.3) is 0 Å². The predicted octanol–water partition coefficient (Wildman–Crippen LogP) is 1.84. The van der Waals surface area contributed by atoms with Crippen molar-refractivity contribution in [2.75, 3.05) is 0 Å². The summed E-state index contributed by atoms with van der Waals surface area (Å²) in [6.45, 7) is 4.01. The first-order chi connectivity index (χ1) is 6.05. The van der Waals surface area contributed by atoms with Gasteiger partial charge in [0.2, 0.25) is 0 Å². The molecule has 2 unspecified atom stereocenters. The van der Waals surface area contributed by atoms with Crippen LogP contribution in [0.1, 0.15) is 25.3 Å². The lowest BCUT2D eigenvalue weighted by Crippen LogP contribution is -2.02. The third kappa shape index (κ3) is 1.07. The van der Waals surface area contributed by atoms with Gasteiger partial charge in [0.1, 0.15) is 0 Å². The Labute approximate surface area is 76.8 Å². The lowest BCUT2D eigenvalue weighted by molar-refractivity contribution is -0.139. The van der Waals surface area contributed by atoms with Crippen molar-refractivity contribution < 1.29 is 9.90 Å². The highest BCUT2D eigenvalue weighted by atomic mass is 16.4. The van der Waals surface area contributed by atoms with Gasteiger partial charge in [-0.15, -0.1) is 0 Å². The summed E-state index contributed by atoms with van der Waals surface area (Å²) in [7, 11) is 0. The number of carboxylic acids is 1. The second-order valence-corrected chi connectivity index (χ2v) is 4.26. The van der Waals surface area contributed by atoms with Gasteiger partial charge in [-0.25, -0.2) is 0 Å². The van der Waals surface area contributed by atoms with E-state index in [4.69, 9.17) is 5.11 Å². The van der Waals surface area contributed by atoms with Crippen molar-refractivity contribution in [1.82, 2.24) is 4.98 Å². The summed E-state index contributed by atoms with van der Waals surface area (Å²) in [6, 6.07) is 1.95. The van der Waals surface area contributed by atoms with Crippen LogP contribution in [-0.4, -0.2) is 16.1 Å². The van der Waals surface area contributed by atoms with Gasteiger partial charge >= 0.3 is 5.97 Å². The van der Waals surface area contributed by atoms with E-state index in [0.29, 0.717) is 0 Å². The van der Waals surface area contributed by atoms with E-state index in [1.807, 2.05) is 32.3 Å². The van der Waals surface area contributed by atoms with Crippen LogP contribution in [0.5, 0.6) is 0 Å². The number of aliphatic carboxylic acids is 1.